The molecule has 6 heteroatoms. The van der Waals surface area contributed by atoms with Gasteiger partial charge in [0.1, 0.15) is 5.60 Å². The van der Waals surface area contributed by atoms with Crippen LogP contribution in [0.5, 0.6) is 0 Å². The van der Waals surface area contributed by atoms with Gasteiger partial charge in [-0.05, 0) is 82.8 Å². The zero-order valence-electron chi connectivity index (χ0n) is 18.4. The summed E-state index contributed by atoms with van der Waals surface area (Å²) < 4.78 is 5.53. The number of carbonyl (C=O) groups excluding carboxylic acids is 2. The Morgan fingerprint density at radius 2 is 1.77 bits per heavy atom. The topological polar surface area (TPSA) is 61.9 Å². The molecule has 0 unspecified atom stereocenters. The lowest BCUT2D eigenvalue weighted by molar-refractivity contribution is 0.0248. The van der Waals surface area contributed by atoms with E-state index in [2.05, 4.69) is 16.1 Å². The summed E-state index contributed by atoms with van der Waals surface area (Å²) in [6.07, 6.45) is 8.35. The van der Waals surface area contributed by atoms with Crippen molar-refractivity contribution in [1.29, 1.82) is 0 Å². The van der Waals surface area contributed by atoms with Gasteiger partial charge in [0.2, 0.25) is 0 Å². The first-order valence-corrected chi connectivity index (χ1v) is 10.7. The fourth-order valence-electron chi connectivity index (χ4n) is 4.22. The molecule has 2 saturated heterocycles. The Bertz CT molecular complexity index is 796. The van der Waals surface area contributed by atoms with Gasteiger partial charge in [0, 0.05) is 37.3 Å². The molecule has 6 nitrogen and oxygen atoms in total. The highest BCUT2D eigenvalue weighted by atomic mass is 16.6. The fourth-order valence-corrected chi connectivity index (χ4v) is 4.22. The quantitative estimate of drug-likeness (QED) is 0.774. The van der Waals surface area contributed by atoms with Crippen LogP contribution in [0, 0.1) is 17.8 Å². The standard InChI is InChI=1S/C24H33N3O3/c1-5-19-6-8-20(9-7-19)21(28)25-13-17-26-14-10-24(11-15-26)12-16-27(18-24)22(29)30-23(2,3)4/h1,6-9H,10-18H2,2-4H3,(H,25,28). The summed E-state index contributed by atoms with van der Waals surface area (Å²) in [5.74, 6) is 2.48. The van der Waals surface area contributed by atoms with Crippen LogP contribution in [0.3, 0.4) is 0 Å². The molecule has 1 N–H and O–H groups in total. The van der Waals surface area contributed by atoms with Gasteiger partial charge in [-0.25, -0.2) is 4.79 Å². The number of rotatable bonds is 4. The van der Waals surface area contributed by atoms with E-state index in [0.717, 1.165) is 57.5 Å². The number of ether oxygens (including phenoxy) is 1. The average Bonchev–Trinajstić information content (AvgIpc) is 3.12. The van der Waals surface area contributed by atoms with Crippen LogP contribution in [0.2, 0.25) is 0 Å². The minimum atomic E-state index is -0.454. The summed E-state index contributed by atoms with van der Waals surface area (Å²) >= 11 is 0. The monoisotopic (exact) mass is 411 g/mol. The molecule has 0 bridgehead atoms. The Morgan fingerprint density at radius 3 is 2.37 bits per heavy atom. The summed E-state index contributed by atoms with van der Waals surface area (Å²) in [6.45, 7) is 10.7. The van der Waals surface area contributed by atoms with Crippen LogP contribution >= 0.6 is 0 Å². The molecular formula is C24H33N3O3. The van der Waals surface area contributed by atoms with Gasteiger partial charge >= 0.3 is 6.09 Å². The highest BCUT2D eigenvalue weighted by Crippen LogP contribution is 2.40. The molecule has 3 rings (SSSR count). The van der Waals surface area contributed by atoms with Crippen molar-refractivity contribution in [3.63, 3.8) is 0 Å². The Balaban J connectivity index is 1.39. The van der Waals surface area contributed by atoms with Gasteiger partial charge in [0.05, 0.1) is 0 Å². The lowest BCUT2D eigenvalue weighted by Gasteiger charge is -2.39. The van der Waals surface area contributed by atoms with Crippen molar-refractivity contribution >= 4 is 12.0 Å². The second kappa shape index (κ2) is 9.09. The van der Waals surface area contributed by atoms with Crippen molar-refractivity contribution in [3.05, 3.63) is 35.4 Å². The molecule has 2 fully saturated rings. The first-order chi connectivity index (χ1) is 14.2. The van der Waals surface area contributed by atoms with Crippen molar-refractivity contribution in [2.75, 3.05) is 39.3 Å². The average molecular weight is 412 g/mol. The van der Waals surface area contributed by atoms with Crippen LogP contribution in [0.1, 0.15) is 56.0 Å². The summed E-state index contributed by atoms with van der Waals surface area (Å²) in [5, 5.41) is 2.99. The first kappa shape index (κ1) is 22.2. The molecule has 0 saturated carbocycles. The SMILES string of the molecule is C#Cc1ccc(C(=O)NCCN2CCC3(CC2)CCN(C(=O)OC(C)(C)C)C3)cc1. The van der Waals surface area contributed by atoms with Crippen LogP contribution in [-0.2, 0) is 4.74 Å². The molecule has 30 heavy (non-hydrogen) atoms. The Kier molecular flexibility index (Phi) is 6.72. The van der Waals surface area contributed by atoms with Gasteiger partial charge in [-0.3, -0.25) is 4.79 Å². The molecule has 2 aliphatic rings. The highest BCUT2D eigenvalue weighted by molar-refractivity contribution is 5.94. The van der Waals surface area contributed by atoms with Crippen molar-refractivity contribution < 1.29 is 14.3 Å². The maximum Gasteiger partial charge on any atom is 0.410 e. The maximum atomic E-state index is 12.4. The van der Waals surface area contributed by atoms with E-state index in [-0.39, 0.29) is 17.4 Å². The van der Waals surface area contributed by atoms with E-state index in [4.69, 9.17) is 11.2 Å². The second-order valence-corrected chi connectivity index (χ2v) is 9.47. The van der Waals surface area contributed by atoms with Crippen LogP contribution in [0.4, 0.5) is 4.79 Å². The molecule has 1 spiro atoms. The number of likely N-dealkylation sites (tertiary alicyclic amines) is 2. The first-order valence-electron chi connectivity index (χ1n) is 10.7. The number of amides is 2. The van der Waals surface area contributed by atoms with Gasteiger partial charge in [-0.15, -0.1) is 6.42 Å². The number of nitrogens with zero attached hydrogens (tertiary/aromatic N) is 2. The summed E-state index contributed by atoms with van der Waals surface area (Å²) in [4.78, 5) is 28.9. The molecule has 2 heterocycles. The van der Waals surface area contributed by atoms with Gasteiger partial charge in [-0.1, -0.05) is 5.92 Å². The maximum absolute atomic E-state index is 12.4. The predicted molar refractivity (Wildman–Crippen MR) is 117 cm³/mol. The zero-order valence-corrected chi connectivity index (χ0v) is 18.4. The van der Waals surface area contributed by atoms with Crippen LogP contribution in [-0.4, -0.2) is 66.7 Å². The van der Waals surface area contributed by atoms with Crippen LogP contribution in [0.15, 0.2) is 24.3 Å². The number of nitrogens with one attached hydrogen (secondary N) is 1. The molecule has 0 atom stereocenters. The van der Waals surface area contributed by atoms with Gasteiger partial charge in [0.15, 0.2) is 0 Å². The van der Waals surface area contributed by atoms with Crippen molar-refractivity contribution in [3.8, 4) is 12.3 Å². The smallest absolute Gasteiger partial charge is 0.410 e. The number of hydrogen-bond donors (Lipinski definition) is 1. The summed E-state index contributed by atoms with van der Waals surface area (Å²) in [7, 11) is 0. The number of benzene rings is 1. The minimum absolute atomic E-state index is 0.0733. The molecular weight excluding hydrogens is 378 g/mol. The van der Waals surface area contributed by atoms with E-state index in [0.29, 0.717) is 12.1 Å². The molecule has 0 aliphatic carbocycles. The fraction of sp³-hybridized carbons (Fsp3) is 0.583. The van der Waals surface area contributed by atoms with E-state index < -0.39 is 5.60 Å². The van der Waals surface area contributed by atoms with E-state index >= 15 is 0 Å². The number of piperidine rings is 1. The van der Waals surface area contributed by atoms with Gasteiger partial charge in [0.25, 0.3) is 5.91 Å². The van der Waals surface area contributed by atoms with E-state index in [1.54, 1.807) is 24.3 Å². The van der Waals surface area contributed by atoms with E-state index in [1.165, 1.54) is 0 Å². The van der Waals surface area contributed by atoms with Gasteiger partial charge < -0.3 is 19.9 Å². The molecule has 1 aromatic carbocycles. The number of carbonyl (C=O) groups is 2. The number of terminal acetylenes is 1. The third kappa shape index (κ3) is 5.76. The normalized spacial score (nSPS) is 18.8. The molecule has 2 amide bonds. The molecule has 0 radical (unpaired) electrons. The summed E-state index contributed by atoms with van der Waals surface area (Å²) in [5.41, 5.74) is 1.16. The van der Waals surface area contributed by atoms with Crippen molar-refractivity contribution in [1.82, 2.24) is 15.1 Å². The molecule has 1 aromatic rings. The molecule has 0 aromatic heterocycles. The Hall–Kier alpha value is -2.52. The number of hydrogen-bond acceptors (Lipinski definition) is 4. The predicted octanol–water partition coefficient (Wildman–Crippen LogP) is 3.12. The van der Waals surface area contributed by atoms with Crippen LogP contribution in [0.25, 0.3) is 0 Å². The molecule has 2 aliphatic heterocycles. The Labute approximate surface area is 179 Å². The second-order valence-electron chi connectivity index (χ2n) is 9.47. The van der Waals surface area contributed by atoms with E-state index in [1.807, 2.05) is 25.7 Å². The largest absolute Gasteiger partial charge is 0.444 e. The summed E-state index contributed by atoms with van der Waals surface area (Å²) in [6, 6.07) is 7.07. The molecule has 162 valence electrons. The lowest BCUT2D eigenvalue weighted by Crippen LogP contribution is -2.45. The minimum Gasteiger partial charge on any atom is -0.444 e. The highest BCUT2D eigenvalue weighted by Gasteiger charge is 2.42. The van der Waals surface area contributed by atoms with E-state index in [9.17, 15) is 9.59 Å². The zero-order chi connectivity index (χ0) is 21.8. The van der Waals surface area contributed by atoms with Crippen molar-refractivity contribution in [2.45, 2.75) is 45.6 Å². The lowest BCUT2D eigenvalue weighted by atomic mass is 9.78. The third-order valence-electron chi connectivity index (χ3n) is 6.03. The Morgan fingerprint density at radius 1 is 1.13 bits per heavy atom. The van der Waals surface area contributed by atoms with Crippen molar-refractivity contribution in [2.24, 2.45) is 5.41 Å². The van der Waals surface area contributed by atoms with Crippen LogP contribution < -0.4 is 5.32 Å². The third-order valence-corrected chi connectivity index (χ3v) is 6.03. The van der Waals surface area contributed by atoms with Gasteiger partial charge in [-0.2, -0.15) is 0 Å².